The zero-order chi connectivity index (χ0) is 22.0. The van der Waals surface area contributed by atoms with Gasteiger partial charge in [-0.3, -0.25) is 9.59 Å². The first-order valence-corrected chi connectivity index (χ1v) is 9.92. The summed E-state index contributed by atoms with van der Waals surface area (Å²) in [6, 6.07) is 21.3. The van der Waals surface area contributed by atoms with Crippen molar-refractivity contribution in [2.75, 3.05) is 10.2 Å². The third kappa shape index (κ3) is 4.19. The van der Waals surface area contributed by atoms with Crippen LogP contribution in [0.5, 0.6) is 5.75 Å². The van der Waals surface area contributed by atoms with Gasteiger partial charge in [-0.25, -0.2) is 9.29 Å². The van der Waals surface area contributed by atoms with Gasteiger partial charge in [0.2, 0.25) is 0 Å². The fraction of sp³-hybridized carbons (Fsp3) is 0.120. The summed E-state index contributed by atoms with van der Waals surface area (Å²) in [6.45, 7) is 3.87. The van der Waals surface area contributed by atoms with Crippen LogP contribution in [0.15, 0.2) is 84.6 Å². The average molecular weight is 416 g/mol. The summed E-state index contributed by atoms with van der Waals surface area (Å²) in [5.41, 5.74) is 1.88. The van der Waals surface area contributed by atoms with Crippen molar-refractivity contribution in [1.29, 1.82) is 0 Å². The Kier molecular flexibility index (Phi) is 5.54. The van der Waals surface area contributed by atoms with Gasteiger partial charge in [0.1, 0.15) is 17.3 Å². The fourth-order valence-electron chi connectivity index (χ4n) is 3.37. The molecule has 0 fully saturated rings. The average Bonchev–Trinajstić information content (AvgIpc) is 3.00. The highest BCUT2D eigenvalue weighted by molar-refractivity contribution is 6.46. The summed E-state index contributed by atoms with van der Waals surface area (Å²) in [5, 5.41) is 3.08. The van der Waals surface area contributed by atoms with Crippen LogP contribution >= 0.6 is 0 Å². The first-order valence-electron chi connectivity index (χ1n) is 9.92. The van der Waals surface area contributed by atoms with Crippen molar-refractivity contribution in [2.45, 2.75) is 20.0 Å². The van der Waals surface area contributed by atoms with Crippen molar-refractivity contribution in [1.82, 2.24) is 0 Å². The van der Waals surface area contributed by atoms with E-state index in [1.807, 2.05) is 19.9 Å². The number of hydrogen-bond donors (Lipinski definition) is 1. The van der Waals surface area contributed by atoms with E-state index in [1.165, 1.54) is 24.3 Å². The Labute approximate surface area is 179 Å². The summed E-state index contributed by atoms with van der Waals surface area (Å²) >= 11 is 0. The maximum absolute atomic E-state index is 13.5. The van der Waals surface area contributed by atoms with E-state index in [0.29, 0.717) is 22.7 Å². The molecular weight excluding hydrogens is 395 g/mol. The first kappa shape index (κ1) is 20.3. The molecule has 4 rings (SSSR count). The maximum Gasteiger partial charge on any atom is 0.282 e. The predicted octanol–water partition coefficient (Wildman–Crippen LogP) is 5.01. The van der Waals surface area contributed by atoms with Gasteiger partial charge in [-0.15, -0.1) is 0 Å². The van der Waals surface area contributed by atoms with Gasteiger partial charge in [-0.05, 0) is 67.9 Å². The second-order valence-corrected chi connectivity index (χ2v) is 7.35. The normalized spacial score (nSPS) is 13.9. The highest BCUT2D eigenvalue weighted by atomic mass is 19.1. The third-order valence-electron chi connectivity index (χ3n) is 4.73. The molecule has 0 saturated carbocycles. The molecule has 31 heavy (non-hydrogen) atoms. The monoisotopic (exact) mass is 416 g/mol. The van der Waals surface area contributed by atoms with Gasteiger partial charge in [0.15, 0.2) is 0 Å². The number of para-hydroxylation sites is 1. The molecule has 0 radical (unpaired) electrons. The number of benzene rings is 3. The third-order valence-corrected chi connectivity index (χ3v) is 4.73. The number of ether oxygens (including phenoxy) is 1. The molecular formula is C25H21FN2O3. The van der Waals surface area contributed by atoms with Crippen LogP contribution in [-0.4, -0.2) is 17.9 Å². The van der Waals surface area contributed by atoms with E-state index in [1.54, 1.807) is 48.5 Å². The Hall–Kier alpha value is -3.93. The van der Waals surface area contributed by atoms with Crippen LogP contribution in [0.4, 0.5) is 15.8 Å². The Morgan fingerprint density at radius 2 is 1.48 bits per heavy atom. The van der Waals surface area contributed by atoms with Gasteiger partial charge in [-0.2, -0.15) is 0 Å². The number of nitrogens with one attached hydrogen (secondary N) is 1. The standard InChI is InChI=1S/C25H21FN2O3/c1-16(2)31-21-14-12-19(13-15-21)27-23-22(17-8-10-18(26)11-9-17)24(29)28(25(23)30)20-6-4-3-5-7-20/h3-16,27H,1-2H3. The quantitative estimate of drug-likeness (QED) is 0.574. The molecule has 0 saturated heterocycles. The molecule has 0 spiro atoms. The second kappa shape index (κ2) is 8.44. The number of halogens is 1. The van der Waals surface area contributed by atoms with Crippen LogP contribution in [0, 0.1) is 5.82 Å². The fourth-order valence-corrected chi connectivity index (χ4v) is 3.37. The molecule has 3 aromatic rings. The zero-order valence-electron chi connectivity index (χ0n) is 17.1. The lowest BCUT2D eigenvalue weighted by Crippen LogP contribution is -2.32. The Morgan fingerprint density at radius 1 is 0.839 bits per heavy atom. The zero-order valence-corrected chi connectivity index (χ0v) is 17.1. The lowest BCUT2D eigenvalue weighted by Gasteiger charge is -2.15. The minimum absolute atomic E-state index is 0.0417. The summed E-state index contributed by atoms with van der Waals surface area (Å²) in [4.78, 5) is 27.7. The molecule has 0 atom stereocenters. The maximum atomic E-state index is 13.5. The SMILES string of the molecule is CC(C)Oc1ccc(NC2=C(c3ccc(F)cc3)C(=O)N(c3ccccc3)C2=O)cc1. The van der Waals surface area contributed by atoms with Crippen molar-refractivity contribution in [3.05, 3.63) is 95.9 Å². The van der Waals surface area contributed by atoms with E-state index in [9.17, 15) is 14.0 Å². The van der Waals surface area contributed by atoms with Crippen LogP contribution in [0.3, 0.4) is 0 Å². The van der Waals surface area contributed by atoms with E-state index in [0.717, 1.165) is 4.90 Å². The van der Waals surface area contributed by atoms with Crippen LogP contribution in [-0.2, 0) is 9.59 Å². The number of imide groups is 1. The van der Waals surface area contributed by atoms with Crippen molar-refractivity contribution < 1.29 is 18.7 Å². The molecule has 1 N–H and O–H groups in total. The van der Waals surface area contributed by atoms with Gasteiger partial charge >= 0.3 is 0 Å². The van der Waals surface area contributed by atoms with Gasteiger partial charge in [0.05, 0.1) is 17.4 Å². The van der Waals surface area contributed by atoms with Crippen molar-refractivity contribution in [2.24, 2.45) is 0 Å². The number of rotatable bonds is 6. The molecule has 1 aliphatic heterocycles. The number of carbonyl (C=O) groups is 2. The van der Waals surface area contributed by atoms with Crippen LogP contribution in [0.1, 0.15) is 19.4 Å². The number of carbonyl (C=O) groups excluding carboxylic acids is 2. The van der Waals surface area contributed by atoms with Gasteiger partial charge in [0.25, 0.3) is 11.8 Å². The summed E-state index contributed by atoms with van der Waals surface area (Å²) in [6.07, 6.45) is 0.0417. The largest absolute Gasteiger partial charge is 0.491 e. The number of amides is 2. The molecule has 3 aromatic carbocycles. The smallest absolute Gasteiger partial charge is 0.282 e. The van der Waals surface area contributed by atoms with Gasteiger partial charge in [0, 0.05) is 5.69 Å². The molecule has 0 aliphatic carbocycles. The van der Waals surface area contributed by atoms with E-state index in [4.69, 9.17) is 4.74 Å². The van der Waals surface area contributed by atoms with Crippen molar-refractivity contribution in [3.63, 3.8) is 0 Å². The van der Waals surface area contributed by atoms with E-state index in [-0.39, 0.29) is 17.4 Å². The van der Waals surface area contributed by atoms with E-state index >= 15 is 0 Å². The summed E-state index contributed by atoms with van der Waals surface area (Å²) < 4.78 is 19.1. The molecule has 2 amide bonds. The van der Waals surface area contributed by atoms with Crippen molar-refractivity contribution in [3.8, 4) is 5.75 Å². The highest BCUT2D eigenvalue weighted by Crippen LogP contribution is 2.34. The number of hydrogen-bond acceptors (Lipinski definition) is 4. The number of nitrogens with zero attached hydrogens (tertiary/aromatic N) is 1. The molecule has 1 heterocycles. The minimum Gasteiger partial charge on any atom is -0.491 e. The van der Waals surface area contributed by atoms with Crippen LogP contribution < -0.4 is 15.0 Å². The first-order chi connectivity index (χ1) is 14.9. The van der Waals surface area contributed by atoms with Gasteiger partial charge < -0.3 is 10.1 Å². The second-order valence-electron chi connectivity index (χ2n) is 7.35. The molecule has 156 valence electrons. The topological polar surface area (TPSA) is 58.6 Å². The Balaban J connectivity index is 1.73. The summed E-state index contributed by atoms with van der Waals surface area (Å²) in [5.74, 6) is -0.660. The highest BCUT2D eigenvalue weighted by Gasteiger charge is 2.40. The molecule has 1 aliphatic rings. The van der Waals surface area contributed by atoms with E-state index in [2.05, 4.69) is 5.32 Å². The lowest BCUT2D eigenvalue weighted by atomic mass is 10.0. The molecule has 0 bridgehead atoms. The Bertz CT molecular complexity index is 1140. The summed E-state index contributed by atoms with van der Waals surface area (Å²) in [7, 11) is 0. The minimum atomic E-state index is -0.474. The molecule has 6 heteroatoms. The Morgan fingerprint density at radius 3 is 2.10 bits per heavy atom. The molecule has 0 unspecified atom stereocenters. The van der Waals surface area contributed by atoms with Crippen molar-refractivity contribution >= 4 is 28.8 Å². The van der Waals surface area contributed by atoms with Crippen LogP contribution in [0.2, 0.25) is 0 Å². The number of anilines is 2. The van der Waals surface area contributed by atoms with Gasteiger partial charge in [-0.1, -0.05) is 30.3 Å². The van der Waals surface area contributed by atoms with Crippen LogP contribution in [0.25, 0.3) is 5.57 Å². The molecule has 5 nitrogen and oxygen atoms in total. The predicted molar refractivity (Wildman–Crippen MR) is 118 cm³/mol. The lowest BCUT2D eigenvalue weighted by molar-refractivity contribution is -0.120. The molecule has 0 aromatic heterocycles. The van der Waals surface area contributed by atoms with E-state index < -0.39 is 17.6 Å².